The molecule has 0 saturated carbocycles. The van der Waals surface area contributed by atoms with Crippen molar-refractivity contribution in [2.24, 2.45) is 7.05 Å². The van der Waals surface area contributed by atoms with Crippen LogP contribution in [-0.2, 0) is 7.05 Å². The van der Waals surface area contributed by atoms with Crippen LogP contribution < -0.4 is 5.73 Å². The number of thiophene rings is 1. The highest BCUT2D eigenvalue weighted by Crippen LogP contribution is 2.38. The van der Waals surface area contributed by atoms with Crippen molar-refractivity contribution in [2.45, 2.75) is 0 Å². The second kappa shape index (κ2) is 5.50. The average molecular weight is 460 g/mol. The lowest BCUT2D eigenvalue weighted by atomic mass is 10.0. The lowest BCUT2D eigenvalue weighted by molar-refractivity contribution is 0.782. The van der Waals surface area contributed by atoms with Crippen molar-refractivity contribution in [1.29, 1.82) is 0 Å². The fourth-order valence-corrected chi connectivity index (χ4v) is 3.83. The zero-order valence-electron chi connectivity index (χ0n) is 10.6. The van der Waals surface area contributed by atoms with E-state index in [2.05, 4.69) is 67.2 Å². The Hall–Kier alpha value is -0.860. The summed E-state index contributed by atoms with van der Waals surface area (Å²) in [6.45, 7) is 0. The number of nitrogen functional groups attached to an aromatic ring is 1. The zero-order valence-corrected chi connectivity index (χ0v) is 15.2. The number of hydrogen-bond donors (Lipinski definition) is 1. The van der Waals surface area contributed by atoms with Crippen LogP contribution in [0, 0.1) is 2.88 Å². The van der Waals surface area contributed by atoms with Gasteiger partial charge in [-0.15, -0.1) is 11.3 Å². The molecule has 0 saturated heterocycles. The van der Waals surface area contributed by atoms with Crippen molar-refractivity contribution >= 4 is 55.7 Å². The second-order valence-corrected chi connectivity index (χ2v) is 8.10. The van der Waals surface area contributed by atoms with Gasteiger partial charge in [0, 0.05) is 22.5 Å². The maximum atomic E-state index is 6.22. The fourth-order valence-electron chi connectivity index (χ4n) is 2.10. The smallest absolute Gasteiger partial charge is 0.129 e. The first kappa shape index (κ1) is 14.1. The lowest BCUT2D eigenvalue weighted by Gasteiger charge is -2.04. The highest BCUT2D eigenvalue weighted by molar-refractivity contribution is 14.1. The highest BCUT2D eigenvalue weighted by Gasteiger charge is 2.18. The minimum Gasteiger partial charge on any atom is -0.383 e. The molecule has 1 aromatic carbocycles. The molecule has 20 heavy (non-hydrogen) atoms. The van der Waals surface area contributed by atoms with E-state index in [1.54, 1.807) is 16.0 Å². The third-order valence-electron chi connectivity index (χ3n) is 3.05. The second-order valence-electron chi connectivity index (χ2n) is 4.38. The molecule has 0 aliphatic carbocycles. The van der Waals surface area contributed by atoms with E-state index in [1.165, 1.54) is 2.88 Å². The number of nitrogens with two attached hydrogens (primary N) is 1. The van der Waals surface area contributed by atoms with E-state index >= 15 is 0 Å². The minimum atomic E-state index is 0.680. The number of rotatable bonds is 2. The van der Waals surface area contributed by atoms with Gasteiger partial charge in [-0.05, 0) is 46.4 Å². The predicted octanol–water partition coefficient (Wildman–Crippen LogP) is 4.76. The van der Waals surface area contributed by atoms with Crippen LogP contribution in [0.5, 0.6) is 0 Å². The van der Waals surface area contributed by atoms with Gasteiger partial charge in [-0.1, -0.05) is 28.1 Å². The van der Waals surface area contributed by atoms with E-state index in [0.717, 1.165) is 26.9 Å². The third kappa shape index (κ3) is 2.51. The number of halogens is 2. The Kier molecular flexibility index (Phi) is 3.87. The average Bonchev–Trinajstić information content (AvgIpc) is 2.95. The van der Waals surface area contributed by atoms with Gasteiger partial charge >= 0.3 is 0 Å². The Bertz CT molecular complexity index is 779. The first-order chi connectivity index (χ1) is 9.56. The van der Waals surface area contributed by atoms with Gasteiger partial charge in [-0.25, -0.2) is 0 Å². The number of benzene rings is 1. The molecule has 102 valence electrons. The molecule has 0 fully saturated rings. The Balaban J connectivity index is 2.24. The monoisotopic (exact) mass is 459 g/mol. The molecule has 0 radical (unpaired) electrons. The highest BCUT2D eigenvalue weighted by atomic mass is 127. The SMILES string of the molecule is Cn1nc(-c2csc(I)c2)c(-c2cccc(Br)c2)c1N. The molecule has 3 aromatic rings. The molecule has 3 nitrogen and oxygen atoms in total. The van der Waals surface area contributed by atoms with E-state index in [9.17, 15) is 0 Å². The summed E-state index contributed by atoms with van der Waals surface area (Å²) in [6.07, 6.45) is 0. The van der Waals surface area contributed by atoms with Gasteiger partial charge in [-0.2, -0.15) is 5.10 Å². The maximum absolute atomic E-state index is 6.22. The van der Waals surface area contributed by atoms with Crippen molar-refractivity contribution in [1.82, 2.24) is 9.78 Å². The van der Waals surface area contributed by atoms with Gasteiger partial charge in [0.05, 0.1) is 8.45 Å². The Morgan fingerprint density at radius 3 is 2.75 bits per heavy atom. The first-order valence-corrected chi connectivity index (χ1v) is 8.64. The van der Waals surface area contributed by atoms with Gasteiger partial charge in [0.1, 0.15) is 11.5 Å². The van der Waals surface area contributed by atoms with E-state index in [-0.39, 0.29) is 0 Å². The molecule has 0 aliphatic heterocycles. The molecule has 2 aromatic heterocycles. The standard InChI is InChI=1S/C14H11BrIN3S/c1-19-14(17)12(8-3-2-4-10(15)5-8)13(18-19)9-6-11(16)20-7-9/h2-7H,17H2,1H3. The van der Waals surface area contributed by atoms with Crippen molar-refractivity contribution in [3.8, 4) is 22.4 Å². The van der Waals surface area contributed by atoms with E-state index in [4.69, 9.17) is 5.73 Å². The minimum absolute atomic E-state index is 0.680. The predicted molar refractivity (Wildman–Crippen MR) is 96.8 cm³/mol. The molecular formula is C14H11BrIN3S. The fraction of sp³-hybridized carbons (Fsp3) is 0.0714. The van der Waals surface area contributed by atoms with Crippen LogP contribution in [0.25, 0.3) is 22.4 Å². The number of aryl methyl sites for hydroxylation is 1. The topological polar surface area (TPSA) is 43.8 Å². The Morgan fingerprint density at radius 2 is 2.10 bits per heavy atom. The van der Waals surface area contributed by atoms with Crippen LogP contribution in [0.15, 0.2) is 40.2 Å². The maximum Gasteiger partial charge on any atom is 0.129 e. The van der Waals surface area contributed by atoms with Gasteiger partial charge < -0.3 is 5.73 Å². The van der Waals surface area contributed by atoms with Crippen molar-refractivity contribution in [2.75, 3.05) is 5.73 Å². The third-order valence-corrected chi connectivity index (χ3v) is 5.33. The Morgan fingerprint density at radius 1 is 1.30 bits per heavy atom. The number of hydrogen-bond acceptors (Lipinski definition) is 3. The van der Waals surface area contributed by atoms with E-state index < -0.39 is 0 Å². The molecule has 2 N–H and O–H groups in total. The lowest BCUT2D eigenvalue weighted by Crippen LogP contribution is -1.97. The summed E-state index contributed by atoms with van der Waals surface area (Å²) in [5, 5.41) is 6.70. The van der Waals surface area contributed by atoms with Crippen LogP contribution >= 0.6 is 49.9 Å². The number of aromatic nitrogens is 2. The summed E-state index contributed by atoms with van der Waals surface area (Å²) in [5.41, 5.74) is 10.3. The van der Waals surface area contributed by atoms with E-state index in [1.807, 2.05) is 19.2 Å². The van der Waals surface area contributed by atoms with Crippen LogP contribution in [0.4, 0.5) is 5.82 Å². The van der Waals surface area contributed by atoms with E-state index in [0.29, 0.717) is 5.82 Å². The molecule has 0 unspecified atom stereocenters. The van der Waals surface area contributed by atoms with Crippen molar-refractivity contribution in [3.63, 3.8) is 0 Å². The summed E-state index contributed by atoms with van der Waals surface area (Å²) >= 11 is 7.54. The Labute approximate surface area is 143 Å². The molecule has 0 aliphatic rings. The van der Waals surface area contributed by atoms with Crippen LogP contribution in [0.3, 0.4) is 0 Å². The molecule has 6 heteroatoms. The van der Waals surface area contributed by atoms with Crippen LogP contribution in [-0.4, -0.2) is 9.78 Å². The first-order valence-electron chi connectivity index (χ1n) is 5.89. The van der Waals surface area contributed by atoms with Gasteiger partial charge in [0.15, 0.2) is 0 Å². The molecule has 2 heterocycles. The largest absolute Gasteiger partial charge is 0.383 e. The zero-order chi connectivity index (χ0) is 14.3. The van der Waals surface area contributed by atoms with Crippen molar-refractivity contribution in [3.05, 3.63) is 43.1 Å². The van der Waals surface area contributed by atoms with Gasteiger partial charge in [-0.3, -0.25) is 4.68 Å². The number of nitrogens with zero attached hydrogens (tertiary/aromatic N) is 2. The van der Waals surface area contributed by atoms with Gasteiger partial charge in [0.25, 0.3) is 0 Å². The van der Waals surface area contributed by atoms with Crippen molar-refractivity contribution < 1.29 is 0 Å². The molecule has 0 bridgehead atoms. The molecule has 3 rings (SSSR count). The summed E-state index contributed by atoms with van der Waals surface area (Å²) in [6, 6.07) is 10.3. The quantitative estimate of drug-likeness (QED) is 0.561. The number of anilines is 1. The molecular weight excluding hydrogens is 449 g/mol. The van der Waals surface area contributed by atoms with Gasteiger partial charge in [0.2, 0.25) is 0 Å². The molecule has 0 atom stereocenters. The normalized spacial score (nSPS) is 10.9. The summed E-state index contributed by atoms with van der Waals surface area (Å²) < 4.78 is 4.00. The van der Waals surface area contributed by atoms with Crippen LogP contribution in [0.2, 0.25) is 0 Å². The summed E-state index contributed by atoms with van der Waals surface area (Å²) in [7, 11) is 1.87. The molecule has 0 amide bonds. The van der Waals surface area contributed by atoms with Crippen LogP contribution in [0.1, 0.15) is 0 Å². The molecule has 0 spiro atoms. The summed E-state index contributed by atoms with van der Waals surface area (Å²) in [5.74, 6) is 0.680. The summed E-state index contributed by atoms with van der Waals surface area (Å²) in [4.78, 5) is 0.